The lowest BCUT2D eigenvalue weighted by Gasteiger charge is -2.39. The van der Waals surface area contributed by atoms with Crippen LogP contribution in [0.15, 0.2) is 30.3 Å². The summed E-state index contributed by atoms with van der Waals surface area (Å²) in [5.41, 5.74) is 13.4. The van der Waals surface area contributed by atoms with E-state index in [1.165, 1.54) is 5.56 Å². The Bertz CT molecular complexity index is 543. The number of likely N-dealkylation sites (tertiary alicyclic amines) is 1. The summed E-state index contributed by atoms with van der Waals surface area (Å²) in [6, 6.07) is 10.4. The second kappa shape index (κ2) is 6.62. The van der Waals surface area contributed by atoms with Crippen molar-refractivity contribution in [1.29, 1.82) is 0 Å². The van der Waals surface area contributed by atoms with Crippen LogP contribution < -0.4 is 11.5 Å². The summed E-state index contributed by atoms with van der Waals surface area (Å²) >= 11 is 0. The highest BCUT2D eigenvalue weighted by atomic mass is 16.2. The Kier molecular flexibility index (Phi) is 4.74. The van der Waals surface area contributed by atoms with Crippen LogP contribution in [0, 0.1) is 11.8 Å². The molecule has 4 heteroatoms. The zero-order valence-electron chi connectivity index (χ0n) is 14.1. The first-order valence-corrected chi connectivity index (χ1v) is 8.85. The lowest BCUT2D eigenvalue weighted by Crippen LogP contribution is -2.53. The molecule has 2 aliphatic rings. The van der Waals surface area contributed by atoms with Crippen molar-refractivity contribution >= 4 is 5.91 Å². The molecule has 3 rings (SSSR count). The van der Waals surface area contributed by atoms with Gasteiger partial charge < -0.3 is 16.4 Å². The third-order valence-corrected chi connectivity index (χ3v) is 5.84. The molecule has 1 aromatic carbocycles. The van der Waals surface area contributed by atoms with Crippen LogP contribution in [0.25, 0.3) is 0 Å². The minimum absolute atomic E-state index is 0.0378. The molecule has 0 aromatic heterocycles. The van der Waals surface area contributed by atoms with Gasteiger partial charge >= 0.3 is 0 Å². The molecular weight excluding hydrogens is 286 g/mol. The van der Waals surface area contributed by atoms with Gasteiger partial charge in [0.2, 0.25) is 5.91 Å². The normalized spacial score (nSPS) is 34.6. The summed E-state index contributed by atoms with van der Waals surface area (Å²) in [6.07, 6.45) is 4.11. The Hall–Kier alpha value is -1.39. The zero-order valence-corrected chi connectivity index (χ0v) is 14.1. The molecule has 0 bridgehead atoms. The van der Waals surface area contributed by atoms with Gasteiger partial charge in [0.25, 0.3) is 0 Å². The van der Waals surface area contributed by atoms with Gasteiger partial charge in [0.1, 0.15) is 0 Å². The van der Waals surface area contributed by atoms with E-state index in [4.69, 9.17) is 11.5 Å². The number of hydrogen-bond donors (Lipinski definition) is 2. The lowest BCUT2D eigenvalue weighted by atomic mass is 9.74. The largest absolute Gasteiger partial charge is 0.341 e. The van der Waals surface area contributed by atoms with Crippen LogP contribution in [-0.4, -0.2) is 36.0 Å². The number of rotatable bonds is 3. The van der Waals surface area contributed by atoms with Crippen molar-refractivity contribution in [1.82, 2.24) is 4.90 Å². The van der Waals surface area contributed by atoms with Crippen molar-refractivity contribution in [3.05, 3.63) is 35.9 Å². The standard InChI is InChI=1S/C19H29N3O/c1-19(21)10-6-5-9-17(19)18(23)22-12-15(11-20)16(13-22)14-7-3-2-4-8-14/h2-4,7-8,15-17H,5-6,9-13,20-21H2,1H3/t15-,16+,17?,19?/m1/s1. The monoisotopic (exact) mass is 315 g/mol. The van der Waals surface area contributed by atoms with Crippen molar-refractivity contribution in [2.24, 2.45) is 23.3 Å². The van der Waals surface area contributed by atoms with Gasteiger partial charge in [-0.2, -0.15) is 0 Å². The van der Waals surface area contributed by atoms with Gasteiger partial charge in [-0.25, -0.2) is 0 Å². The van der Waals surface area contributed by atoms with Crippen molar-refractivity contribution in [3.63, 3.8) is 0 Å². The smallest absolute Gasteiger partial charge is 0.227 e. The summed E-state index contributed by atoms with van der Waals surface area (Å²) in [7, 11) is 0. The fraction of sp³-hybridized carbons (Fsp3) is 0.632. The third kappa shape index (κ3) is 3.29. The molecule has 1 aliphatic carbocycles. The van der Waals surface area contributed by atoms with Crippen LogP contribution in [0.5, 0.6) is 0 Å². The quantitative estimate of drug-likeness (QED) is 0.897. The average molecular weight is 315 g/mol. The van der Waals surface area contributed by atoms with Gasteiger partial charge in [-0.1, -0.05) is 43.2 Å². The summed E-state index contributed by atoms with van der Waals surface area (Å²) in [5, 5.41) is 0. The van der Waals surface area contributed by atoms with E-state index >= 15 is 0 Å². The van der Waals surface area contributed by atoms with E-state index in [9.17, 15) is 4.79 Å². The molecule has 2 unspecified atom stereocenters. The second-order valence-corrected chi connectivity index (χ2v) is 7.56. The van der Waals surface area contributed by atoms with Gasteiger partial charge in [0.15, 0.2) is 0 Å². The minimum atomic E-state index is -0.363. The van der Waals surface area contributed by atoms with E-state index in [1.807, 2.05) is 17.9 Å². The number of benzene rings is 1. The van der Waals surface area contributed by atoms with Crippen molar-refractivity contribution in [3.8, 4) is 0 Å². The van der Waals surface area contributed by atoms with Crippen LogP contribution in [-0.2, 0) is 4.79 Å². The van der Waals surface area contributed by atoms with Gasteiger partial charge in [0, 0.05) is 24.5 Å². The number of nitrogens with two attached hydrogens (primary N) is 2. The highest BCUT2D eigenvalue weighted by Crippen LogP contribution is 2.37. The van der Waals surface area contributed by atoms with Crippen molar-refractivity contribution in [2.45, 2.75) is 44.1 Å². The summed E-state index contributed by atoms with van der Waals surface area (Å²) in [6.45, 7) is 4.20. The van der Waals surface area contributed by atoms with Crippen molar-refractivity contribution in [2.75, 3.05) is 19.6 Å². The molecule has 1 aromatic rings. The van der Waals surface area contributed by atoms with Gasteiger partial charge in [-0.05, 0) is 37.8 Å². The second-order valence-electron chi connectivity index (χ2n) is 7.56. The van der Waals surface area contributed by atoms with Crippen LogP contribution in [0.4, 0.5) is 0 Å². The van der Waals surface area contributed by atoms with Gasteiger partial charge in [-0.15, -0.1) is 0 Å². The third-order valence-electron chi connectivity index (χ3n) is 5.84. The molecule has 1 saturated heterocycles. The topological polar surface area (TPSA) is 72.4 Å². The maximum absolute atomic E-state index is 13.1. The van der Waals surface area contributed by atoms with E-state index in [1.54, 1.807) is 0 Å². The minimum Gasteiger partial charge on any atom is -0.341 e. The first-order valence-electron chi connectivity index (χ1n) is 8.85. The fourth-order valence-corrected chi connectivity index (χ4v) is 4.35. The highest BCUT2D eigenvalue weighted by molar-refractivity contribution is 5.80. The molecule has 4 nitrogen and oxygen atoms in total. The Balaban J connectivity index is 1.75. The Morgan fingerprint density at radius 2 is 2.00 bits per heavy atom. The van der Waals surface area contributed by atoms with Crippen LogP contribution in [0.2, 0.25) is 0 Å². The summed E-state index contributed by atoms with van der Waals surface area (Å²) in [4.78, 5) is 15.1. The predicted molar refractivity (Wildman–Crippen MR) is 92.9 cm³/mol. The maximum Gasteiger partial charge on any atom is 0.227 e. The number of nitrogens with zero attached hydrogens (tertiary/aromatic N) is 1. The SMILES string of the molecule is CC1(N)CCCCC1C(=O)N1C[C@@H](CN)[C@H](c2ccccc2)C1. The van der Waals surface area contributed by atoms with Crippen LogP contribution >= 0.6 is 0 Å². The molecule has 0 spiro atoms. The van der Waals surface area contributed by atoms with E-state index < -0.39 is 0 Å². The number of carbonyl (C=O) groups excluding carboxylic acids is 1. The van der Waals surface area contributed by atoms with E-state index in [0.29, 0.717) is 18.4 Å². The molecule has 126 valence electrons. The van der Waals surface area contributed by atoms with E-state index in [2.05, 4.69) is 24.3 Å². The van der Waals surface area contributed by atoms with Crippen molar-refractivity contribution < 1.29 is 4.79 Å². The first kappa shape index (κ1) is 16.5. The van der Waals surface area contributed by atoms with E-state index in [0.717, 1.165) is 38.8 Å². The number of hydrogen-bond acceptors (Lipinski definition) is 3. The summed E-state index contributed by atoms with van der Waals surface area (Å²) in [5.74, 6) is 0.891. The fourth-order valence-electron chi connectivity index (χ4n) is 4.35. The molecular formula is C19H29N3O. The number of carbonyl (C=O) groups is 1. The molecule has 4 N–H and O–H groups in total. The van der Waals surface area contributed by atoms with Crippen LogP contribution in [0.3, 0.4) is 0 Å². The molecule has 2 fully saturated rings. The molecule has 1 aliphatic heterocycles. The lowest BCUT2D eigenvalue weighted by molar-refractivity contribution is -0.138. The highest BCUT2D eigenvalue weighted by Gasteiger charge is 2.43. The average Bonchev–Trinajstić information content (AvgIpc) is 2.99. The molecule has 1 heterocycles. The molecule has 0 radical (unpaired) electrons. The first-order chi connectivity index (χ1) is 11.0. The maximum atomic E-state index is 13.1. The number of amides is 1. The zero-order chi connectivity index (χ0) is 16.4. The van der Waals surface area contributed by atoms with Gasteiger partial charge in [-0.3, -0.25) is 4.79 Å². The predicted octanol–water partition coefficient (Wildman–Crippen LogP) is 2.09. The summed E-state index contributed by atoms with van der Waals surface area (Å²) < 4.78 is 0. The molecule has 1 amide bonds. The Morgan fingerprint density at radius 3 is 2.65 bits per heavy atom. The van der Waals surface area contributed by atoms with Crippen LogP contribution in [0.1, 0.15) is 44.1 Å². The molecule has 23 heavy (non-hydrogen) atoms. The Labute approximate surface area is 139 Å². The molecule has 4 atom stereocenters. The van der Waals surface area contributed by atoms with Gasteiger partial charge in [0.05, 0.1) is 5.92 Å². The Morgan fingerprint density at radius 1 is 1.26 bits per heavy atom. The van der Waals surface area contributed by atoms with E-state index in [-0.39, 0.29) is 17.4 Å². The molecule has 1 saturated carbocycles.